The number of halogens is 1. The first-order valence-corrected chi connectivity index (χ1v) is 8.69. The minimum atomic E-state index is -0.482. The maximum atomic E-state index is 13.5. The van der Waals surface area contributed by atoms with Crippen LogP contribution in [-0.4, -0.2) is 41.7 Å². The fourth-order valence-electron chi connectivity index (χ4n) is 2.55. The molecule has 0 spiro atoms. The van der Waals surface area contributed by atoms with Gasteiger partial charge in [-0.1, -0.05) is 23.5 Å². The van der Waals surface area contributed by atoms with Gasteiger partial charge in [-0.15, -0.1) is 0 Å². The van der Waals surface area contributed by atoms with Crippen molar-refractivity contribution in [1.29, 1.82) is 0 Å². The molecule has 26 heavy (non-hydrogen) atoms. The molecule has 0 radical (unpaired) electrons. The summed E-state index contributed by atoms with van der Waals surface area (Å²) in [7, 11) is 3.04. The fraction of sp³-hybridized carbons (Fsp3) is 0.294. The summed E-state index contributed by atoms with van der Waals surface area (Å²) in [5.41, 5.74) is 0.933. The van der Waals surface area contributed by atoms with E-state index in [-0.39, 0.29) is 30.3 Å². The Morgan fingerprint density at radius 1 is 1.42 bits per heavy atom. The summed E-state index contributed by atoms with van der Waals surface area (Å²) >= 11 is 1.23. The Labute approximate surface area is 153 Å². The Bertz CT molecular complexity index is 867. The molecule has 2 amide bonds. The molecule has 1 aliphatic rings. The zero-order valence-electron chi connectivity index (χ0n) is 14.2. The average Bonchev–Trinajstić information content (AvgIpc) is 3.06. The number of amides is 2. The van der Waals surface area contributed by atoms with Crippen LogP contribution in [0.15, 0.2) is 35.6 Å². The predicted octanol–water partition coefficient (Wildman–Crippen LogP) is 2.56. The summed E-state index contributed by atoms with van der Waals surface area (Å²) in [5.74, 6) is -0.877. The molecule has 0 saturated heterocycles. The highest BCUT2D eigenvalue weighted by Gasteiger charge is 2.23. The third-order valence-corrected chi connectivity index (χ3v) is 4.81. The van der Waals surface area contributed by atoms with E-state index in [1.165, 1.54) is 37.6 Å². The molecule has 1 aromatic heterocycles. The molecule has 2 heterocycles. The second-order valence-electron chi connectivity index (χ2n) is 5.66. The molecule has 1 N–H and O–H groups in total. The molecular formula is C17H17FN4O3S. The number of carbonyl (C=O) groups is 2. The first-order chi connectivity index (χ1) is 12.5. The predicted molar refractivity (Wildman–Crippen MR) is 95.4 cm³/mol. The third kappa shape index (κ3) is 3.94. The number of hydrazone groups is 1. The zero-order valence-corrected chi connectivity index (χ0v) is 15.0. The number of benzene rings is 1. The molecule has 0 bridgehead atoms. The Kier molecular flexibility index (Phi) is 5.38. The van der Waals surface area contributed by atoms with Gasteiger partial charge in [0.25, 0.3) is 5.91 Å². The van der Waals surface area contributed by atoms with Crippen LogP contribution in [0.1, 0.15) is 29.4 Å². The SMILES string of the molecule is COC(c1cccc(F)c1)c1cnc(NC(=O)C2=NN(C)C(=O)CC2)s1. The van der Waals surface area contributed by atoms with Gasteiger partial charge in [-0.25, -0.2) is 14.4 Å². The largest absolute Gasteiger partial charge is 0.371 e. The van der Waals surface area contributed by atoms with E-state index >= 15 is 0 Å². The van der Waals surface area contributed by atoms with Crippen molar-refractivity contribution in [1.82, 2.24) is 9.99 Å². The van der Waals surface area contributed by atoms with Crippen LogP contribution in [0.5, 0.6) is 0 Å². The molecule has 0 aliphatic carbocycles. The van der Waals surface area contributed by atoms with Crippen molar-refractivity contribution in [2.24, 2.45) is 5.10 Å². The molecule has 9 heteroatoms. The van der Waals surface area contributed by atoms with Crippen molar-refractivity contribution in [3.63, 3.8) is 0 Å². The van der Waals surface area contributed by atoms with Crippen molar-refractivity contribution < 1.29 is 18.7 Å². The number of hydrogen-bond donors (Lipinski definition) is 1. The van der Waals surface area contributed by atoms with Gasteiger partial charge in [0, 0.05) is 33.2 Å². The molecule has 3 rings (SSSR count). The van der Waals surface area contributed by atoms with Gasteiger partial charge in [-0.2, -0.15) is 5.10 Å². The minimum absolute atomic E-state index is 0.129. The number of hydrogen-bond acceptors (Lipinski definition) is 6. The number of anilines is 1. The standard InChI is InChI=1S/C17H17FN4O3S/c1-22-14(23)7-6-12(21-22)16(24)20-17-19-9-13(26-17)15(25-2)10-4-3-5-11(18)8-10/h3-5,8-9,15H,6-7H2,1-2H3,(H,19,20,24). The quantitative estimate of drug-likeness (QED) is 0.869. The van der Waals surface area contributed by atoms with Crippen LogP contribution in [0.3, 0.4) is 0 Å². The lowest BCUT2D eigenvalue weighted by molar-refractivity contribution is -0.130. The van der Waals surface area contributed by atoms with Gasteiger partial charge in [0.1, 0.15) is 17.6 Å². The number of thiazole rings is 1. The molecule has 0 saturated carbocycles. The van der Waals surface area contributed by atoms with E-state index in [1.807, 2.05) is 0 Å². The van der Waals surface area contributed by atoms with Crippen molar-refractivity contribution >= 4 is 34.0 Å². The molecule has 1 unspecified atom stereocenters. The van der Waals surface area contributed by atoms with Gasteiger partial charge >= 0.3 is 0 Å². The van der Waals surface area contributed by atoms with Crippen LogP contribution in [0, 0.1) is 5.82 Å². The van der Waals surface area contributed by atoms with Gasteiger partial charge in [-0.05, 0) is 17.7 Å². The number of carbonyl (C=O) groups excluding carboxylic acids is 2. The Balaban J connectivity index is 1.74. The highest BCUT2D eigenvalue weighted by Crippen LogP contribution is 2.32. The summed E-state index contributed by atoms with van der Waals surface area (Å²) in [4.78, 5) is 28.6. The van der Waals surface area contributed by atoms with Crippen LogP contribution >= 0.6 is 11.3 Å². The third-order valence-electron chi connectivity index (χ3n) is 3.86. The van der Waals surface area contributed by atoms with Crippen molar-refractivity contribution in [3.8, 4) is 0 Å². The molecule has 7 nitrogen and oxygen atoms in total. The van der Waals surface area contributed by atoms with E-state index in [4.69, 9.17) is 4.74 Å². The second-order valence-corrected chi connectivity index (χ2v) is 6.72. The summed E-state index contributed by atoms with van der Waals surface area (Å²) in [6.07, 6.45) is 1.64. The van der Waals surface area contributed by atoms with Crippen molar-refractivity contribution in [2.75, 3.05) is 19.5 Å². The van der Waals surface area contributed by atoms with E-state index < -0.39 is 12.0 Å². The lowest BCUT2D eigenvalue weighted by Gasteiger charge is -2.18. The zero-order chi connectivity index (χ0) is 18.7. The van der Waals surface area contributed by atoms with Gasteiger partial charge in [-0.3, -0.25) is 14.9 Å². The van der Waals surface area contributed by atoms with Crippen LogP contribution in [0.2, 0.25) is 0 Å². The van der Waals surface area contributed by atoms with Gasteiger partial charge in [0.05, 0.1) is 4.88 Å². The molecule has 1 aliphatic heterocycles. The second kappa shape index (κ2) is 7.71. The topological polar surface area (TPSA) is 83.9 Å². The van der Waals surface area contributed by atoms with Crippen LogP contribution in [0.25, 0.3) is 0 Å². The number of nitrogens with one attached hydrogen (secondary N) is 1. The van der Waals surface area contributed by atoms with Gasteiger partial charge in [0.2, 0.25) is 5.91 Å². The molecule has 1 atom stereocenters. The number of ether oxygens (including phenoxy) is 1. The number of aromatic nitrogens is 1. The Morgan fingerprint density at radius 2 is 2.23 bits per heavy atom. The summed E-state index contributed by atoms with van der Waals surface area (Å²) < 4.78 is 18.9. The van der Waals surface area contributed by atoms with E-state index in [0.29, 0.717) is 10.7 Å². The first-order valence-electron chi connectivity index (χ1n) is 7.87. The lowest BCUT2D eigenvalue weighted by Crippen LogP contribution is -2.34. The van der Waals surface area contributed by atoms with Crippen molar-refractivity contribution in [2.45, 2.75) is 18.9 Å². The molecule has 136 valence electrons. The Hall–Kier alpha value is -2.65. The van der Waals surface area contributed by atoms with Gasteiger partial charge < -0.3 is 4.74 Å². The fourth-order valence-corrected chi connectivity index (χ4v) is 3.47. The highest BCUT2D eigenvalue weighted by atomic mass is 32.1. The lowest BCUT2D eigenvalue weighted by atomic mass is 10.1. The number of methoxy groups -OCH3 is 1. The number of rotatable bonds is 5. The monoisotopic (exact) mass is 376 g/mol. The molecule has 0 fully saturated rings. The average molecular weight is 376 g/mol. The normalized spacial score (nSPS) is 15.6. The first kappa shape index (κ1) is 18.2. The van der Waals surface area contributed by atoms with Crippen LogP contribution < -0.4 is 5.32 Å². The minimum Gasteiger partial charge on any atom is -0.371 e. The van der Waals surface area contributed by atoms with Crippen LogP contribution in [-0.2, 0) is 14.3 Å². The maximum absolute atomic E-state index is 13.5. The van der Waals surface area contributed by atoms with Gasteiger partial charge in [0.15, 0.2) is 5.13 Å². The van der Waals surface area contributed by atoms with E-state index in [2.05, 4.69) is 15.4 Å². The maximum Gasteiger partial charge on any atom is 0.273 e. The number of nitrogens with zero attached hydrogens (tertiary/aromatic N) is 3. The summed E-state index contributed by atoms with van der Waals surface area (Å²) in [5, 5.41) is 8.20. The molecule has 1 aromatic carbocycles. The van der Waals surface area contributed by atoms with E-state index in [0.717, 1.165) is 9.89 Å². The van der Waals surface area contributed by atoms with Crippen molar-refractivity contribution in [3.05, 3.63) is 46.7 Å². The summed E-state index contributed by atoms with van der Waals surface area (Å²) in [6, 6.07) is 6.13. The van der Waals surface area contributed by atoms with E-state index in [9.17, 15) is 14.0 Å². The Morgan fingerprint density at radius 3 is 2.92 bits per heavy atom. The molecular weight excluding hydrogens is 359 g/mol. The highest BCUT2D eigenvalue weighted by molar-refractivity contribution is 7.15. The molecule has 2 aromatic rings. The summed E-state index contributed by atoms with van der Waals surface area (Å²) in [6.45, 7) is 0. The van der Waals surface area contributed by atoms with Crippen LogP contribution in [0.4, 0.5) is 9.52 Å². The smallest absolute Gasteiger partial charge is 0.273 e. The van der Waals surface area contributed by atoms with E-state index in [1.54, 1.807) is 18.3 Å².